The number of benzene rings is 1. The standard InChI is InChI=1S/C16H17N3O2S/c1-21-13-6-2-11(3-7-13)14-8-9-16(19-18-14)22-10-15(20)17-12-4-5-12/h2-3,6-9,12H,4-5,10H2,1H3,(H,17,20). The topological polar surface area (TPSA) is 64.1 Å². The number of ether oxygens (including phenoxy) is 1. The van der Waals surface area contributed by atoms with Gasteiger partial charge in [0.2, 0.25) is 5.91 Å². The van der Waals surface area contributed by atoms with Crippen molar-refractivity contribution in [1.29, 1.82) is 0 Å². The maximum absolute atomic E-state index is 11.6. The van der Waals surface area contributed by atoms with Crippen molar-refractivity contribution in [3.05, 3.63) is 36.4 Å². The zero-order valence-electron chi connectivity index (χ0n) is 12.3. The molecule has 0 atom stereocenters. The lowest BCUT2D eigenvalue weighted by Gasteiger charge is -2.04. The molecule has 0 spiro atoms. The van der Waals surface area contributed by atoms with Crippen LogP contribution in [0.4, 0.5) is 0 Å². The number of carbonyl (C=O) groups is 1. The lowest BCUT2D eigenvalue weighted by Crippen LogP contribution is -2.27. The number of aromatic nitrogens is 2. The van der Waals surface area contributed by atoms with Crippen molar-refractivity contribution < 1.29 is 9.53 Å². The Morgan fingerprint density at radius 1 is 1.23 bits per heavy atom. The second-order valence-electron chi connectivity index (χ2n) is 5.12. The van der Waals surface area contributed by atoms with Gasteiger partial charge in [-0.05, 0) is 49.2 Å². The molecule has 1 aliphatic rings. The molecule has 114 valence electrons. The van der Waals surface area contributed by atoms with Crippen LogP contribution < -0.4 is 10.1 Å². The lowest BCUT2D eigenvalue weighted by molar-refractivity contribution is -0.118. The minimum Gasteiger partial charge on any atom is -0.497 e. The molecule has 1 aromatic heterocycles. The Kier molecular flexibility index (Phi) is 4.58. The van der Waals surface area contributed by atoms with E-state index in [1.54, 1.807) is 7.11 Å². The first kappa shape index (κ1) is 14.8. The number of thioether (sulfide) groups is 1. The number of rotatable bonds is 6. The van der Waals surface area contributed by atoms with E-state index in [1.807, 2.05) is 36.4 Å². The van der Waals surface area contributed by atoms with Gasteiger partial charge in [-0.2, -0.15) is 0 Å². The summed E-state index contributed by atoms with van der Waals surface area (Å²) >= 11 is 1.40. The fourth-order valence-corrected chi connectivity index (χ4v) is 2.57. The summed E-state index contributed by atoms with van der Waals surface area (Å²) in [6.45, 7) is 0. The van der Waals surface area contributed by atoms with E-state index in [9.17, 15) is 4.79 Å². The molecule has 1 saturated carbocycles. The molecule has 0 unspecified atom stereocenters. The third-order valence-corrected chi connectivity index (χ3v) is 4.24. The molecule has 1 aliphatic carbocycles. The number of nitrogens with one attached hydrogen (secondary N) is 1. The maximum atomic E-state index is 11.6. The Hall–Kier alpha value is -2.08. The van der Waals surface area contributed by atoms with Gasteiger partial charge in [0, 0.05) is 11.6 Å². The maximum Gasteiger partial charge on any atom is 0.230 e. The van der Waals surface area contributed by atoms with Crippen LogP contribution in [0.15, 0.2) is 41.4 Å². The Balaban J connectivity index is 1.57. The average Bonchev–Trinajstić information content (AvgIpc) is 3.37. The van der Waals surface area contributed by atoms with Crippen LogP contribution >= 0.6 is 11.8 Å². The smallest absolute Gasteiger partial charge is 0.230 e. The Morgan fingerprint density at radius 2 is 2.00 bits per heavy atom. The summed E-state index contributed by atoms with van der Waals surface area (Å²) in [6, 6.07) is 11.9. The van der Waals surface area contributed by atoms with E-state index < -0.39 is 0 Å². The van der Waals surface area contributed by atoms with Crippen LogP contribution in [-0.4, -0.2) is 35.0 Å². The van der Waals surface area contributed by atoms with Gasteiger partial charge in [-0.3, -0.25) is 4.79 Å². The van der Waals surface area contributed by atoms with Crippen LogP contribution in [0, 0.1) is 0 Å². The Morgan fingerprint density at radius 3 is 2.59 bits per heavy atom. The van der Waals surface area contributed by atoms with Crippen LogP contribution in [0.5, 0.6) is 5.75 Å². The van der Waals surface area contributed by atoms with Gasteiger partial charge in [0.05, 0.1) is 18.6 Å². The molecule has 2 aromatic rings. The van der Waals surface area contributed by atoms with Crippen molar-refractivity contribution in [3.63, 3.8) is 0 Å². The summed E-state index contributed by atoms with van der Waals surface area (Å²) in [4.78, 5) is 11.6. The van der Waals surface area contributed by atoms with E-state index in [4.69, 9.17) is 4.74 Å². The van der Waals surface area contributed by atoms with Crippen molar-refractivity contribution in [2.24, 2.45) is 0 Å². The van der Waals surface area contributed by atoms with E-state index in [0.717, 1.165) is 34.9 Å². The Bertz CT molecular complexity index is 639. The largest absolute Gasteiger partial charge is 0.497 e. The zero-order valence-corrected chi connectivity index (χ0v) is 13.1. The number of hydrogen-bond acceptors (Lipinski definition) is 5. The van der Waals surface area contributed by atoms with E-state index >= 15 is 0 Å². The fourth-order valence-electron chi connectivity index (χ4n) is 1.95. The summed E-state index contributed by atoms with van der Waals surface area (Å²) < 4.78 is 5.13. The third kappa shape index (κ3) is 3.98. The molecule has 5 nitrogen and oxygen atoms in total. The van der Waals surface area contributed by atoms with Crippen LogP contribution in [0.2, 0.25) is 0 Å². The van der Waals surface area contributed by atoms with Gasteiger partial charge in [0.1, 0.15) is 10.8 Å². The summed E-state index contributed by atoms with van der Waals surface area (Å²) in [5.74, 6) is 1.26. The highest BCUT2D eigenvalue weighted by molar-refractivity contribution is 7.99. The molecule has 1 aromatic carbocycles. The first-order valence-electron chi connectivity index (χ1n) is 7.15. The SMILES string of the molecule is COc1ccc(-c2ccc(SCC(=O)NC3CC3)nn2)cc1. The van der Waals surface area contributed by atoms with E-state index in [0.29, 0.717) is 11.8 Å². The summed E-state index contributed by atoms with van der Waals surface area (Å²) in [7, 11) is 1.64. The van der Waals surface area contributed by atoms with Gasteiger partial charge in [-0.25, -0.2) is 0 Å². The highest BCUT2D eigenvalue weighted by atomic mass is 32.2. The van der Waals surface area contributed by atoms with Gasteiger partial charge in [-0.1, -0.05) is 11.8 Å². The molecule has 1 amide bonds. The van der Waals surface area contributed by atoms with Crippen LogP contribution in [0.1, 0.15) is 12.8 Å². The van der Waals surface area contributed by atoms with Gasteiger partial charge >= 0.3 is 0 Å². The number of hydrogen-bond donors (Lipinski definition) is 1. The van der Waals surface area contributed by atoms with Crippen LogP contribution in [-0.2, 0) is 4.79 Å². The second-order valence-corrected chi connectivity index (χ2v) is 6.11. The summed E-state index contributed by atoms with van der Waals surface area (Å²) in [6.07, 6.45) is 2.21. The van der Waals surface area contributed by atoms with Crippen molar-refractivity contribution in [2.45, 2.75) is 23.9 Å². The predicted octanol–water partition coefficient (Wildman–Crippen LogP) is 2.52. The first-order valence-corrected chi connectivity index (χ1v) is 8.13. The quantitative estimate of drug-likeness (QED) is 0.830. The van der Waals surface area contributed by atoms with Crippen molar-refractivity contribution in [1.82, 2.24) is 15.5 Å². The molecule has 6 heteroatoms. The second kappa shape index (κ2) is 6.79. The van der Waals surface area contributed by atoms with Crippen molar-refractivity contribution >= 4 is 17.7 Å². The fraction of sp³-hybridized carbons (Fsp3) is 0.312. The van der Waals surface area contributed by atoms with Crippen molar-refractivity contribution in [2.75, 3.05) is 12.9 Å². The summed E-state index contributed by atoms with van der Waals surface area (Å²) in [5, 5.41) is 12.1. The number of carbonyl (C=O) groups excluding carboxylic acids is 1. The number of methoxy groups -OCH3 is 1. The predicted molar refractivity (Wildman–Crippen MR) is 85.9 cm³/mol. The monoisotopic (exact) mass is 315 g/mol. The Labute approximate surface area is 133 Å². The minimum atomic E-state index is 0.0635. The van der Waals surface area contributed by atoms with E-state index in [2.05, 4.69) is 15.5 Å². The summed E-state index contributed by atoms with van der Waals surface area (Å²) in [5.41, 5.74) is 1.78. The van der Waals surface area contributed by atoms with Crippen LogP contribution in [0.3, 0.4) is 0 Å². The minimum absolute atomic E-state index is 0.0635. The first-order chi connectivity index (χ1) is 10.7. The van der Waals surface area contributed by atoms with Gasteiger partial charge < -0.3 is 10.1 Å². The number of amides is 1. The molecular formula is C16H17N3O2S. The molecule has 0 bridgehead atoms. The highest BCUT2D eigenvalue weighted by Crippen LogP contribution is 2.23. The molecular weight excluding hydrogens is 298 g/mol. The van der Waals surface area contributed by atoms with E-state index in [1.165, 1.54) is 11.8 Å². The molecule has 22 heavy (non-hydrogen) atoms. The molecule has 1 fully saturated rings. The molecule has 0 aliphatic heterocycles. The molecule has 0 radical (unpaired) electrons. The van der Waals surface area contributed by atoms with Crippen molar-refractivity contribution in [3.8, 4) is 17.0 Å². The van der Waals surface area contributed by atoms with Gasteiger partial charge in [0.25, 0.3) is 0 Å². The molecule has 1 heterocycles. The lowest BCUT2D eigenvalue weighted by atomic mass is 10.1. The highest BCUT2D eigenvalue weighted by Gasteiger charge is 2.23. The average molecular weight is 315 g/mol. The number of nitrogens with zero attached hydrogens (tertiary/aromatic N) is 2. The molecule has 1 N–H and O–H groups in total. The molecule has 0 saturated heterocycles. The normalized spacial score (nSPS) is 13.7. The van der Waals surface area contributed by atoms with E-state index in [-0.39, 0.29) is 5.91 Å². The van der Waals surface area contributed by atoms with Gasteiger partial charge in [0.15, 0.2) is 0 Å². The molecule has 3 rings (SSSR count). The van der Waals surface area contributed by atoms with Crippen LogP contribution in [0.25, 0.3) is 11.3 Å². The zero-order chi connectivity index (χ0) is 15.4. The third-order valence-electron chi connectivity index (χ3n) is 3.32. The van der Waals surface area contributed by atoms with Gasteiger partial charge in [-0.15, -0.1) is 10.2 Å².